The fraction of sp³-hybridized carbons (Fsp3) is 0.619. The van der Waals surface area contributed by atoms with Crippen molar-refractivity contribution >= 4 is 24.2 Å². The predicted molar refractivity (Wildman–Crippen MR) is 110 cm³/mol. The van der Waals surface area contributed by atoms with Crippen LogP contribution in [-0.2, 0) is 16.0 Å². The summed E-state index contributed by atoms with van der Waals surface area (Å²) < 4.78 is 13.9. The van der Waals surface area contributed by atoms with Crippen molar-refractivity contribution in [2.75, 3.05) is 26.2 Å². The molecule has 0 aromatic heterocycles. The zero-order valence-corrected chi connectivity index (χ0v) is 17.3. The molecule has 2 heterocycles. The number of nitrogens with one attached hydrogen (secondary N) is 2. The third-order valence-electron chi connectivity index (χ3n) is 5.68. The van der Waals surface area contributed by atoms with E-state index in [-0.39, 0.29) is 47.9 Å². The van der Waals surface area contributed by atoms with E-state index >= 15 is 0 Å². The minimum Gasteiger partial charge on any atom is -0.354 e. The van der Waals surface area contributed by atoms with Crippen molar-refractivity contribution in [3.8, 4) is 0 Å². The van der Waals surface area contributed by atoms with Crippen LogP contribution < -0.4 is 10.6 Å². The molecule has 0 saturated carbocycles. The summed E-state index contributed by atoms with van der Waals surface area (Å²) in [7, 11) is 0. The molecule has 2 amide bonds. The Labute approximate surface area is 172 Å². The summed E-state index contributed by atoms with van der Waals surface area (Å²) in [5.41, 5.74) is 0.586. The minimum absolute atomic E-state index is 0. The van der Waals surface area contributed by atoms with E-state index in [9.17, 15) is 14.0 Å². The van der Waals surface area contributed by atoms with Gasteiger partial charge in [-0.3, -0.25) is 9.59 Å². The Morgan fingerprint density at radius 2 is 2.07 bits per heavy atom. The third-order valence-corrected chi connectivity index (χ3v) is 5.68. The first-order valence-electron chi connectivity index (χ1n) is 10.1. The summed E-state index contributed by atoms with van der Waals surface area (Å²) in [5.74, 6) is -0.0702. The molecule has 1 aromatic rings. The summed E-state index contributed by atoms with van der Waals surface area (Å²) in [5, 5.41) is 6.25. The van der Waals surface area contributed by atoms with E-state index in [4.69, 9.17) is 0 Å². The molecule has 7 heteroatoms. The van der Waals surface area contributed by atoms with Crippen LogP contribution in [0.3, 0.4) is 0 Å². The largest absolute Gasteiger partial charge is 0.354 e. The highest BCUT2D eigenvalue weighted by Crippen LogP contribution is 2.20. The van der Waals surface area contributed by atoms with E-state index < -0.39 is 0 Å². The van der Waals surface area contributed by atoms with E-state index in [1.165, 1.54) is 6.07 Å². The van der Waals surface area contributed by atoms with Crippen LogP contribution in [0.5, 0.6) is 0 Å². The van der Waals surface area contributed by atoms with E-state index in [1.807, 2.05) is 11.8 Å². The van der Waals surface area contributed by atoms with Crippen LogP contribution in [0.4, 0.5) is 4.39 Å². The molecule has 3 unspecified atom stereocenters. The third kappa shape index (κ3) is 5.92. The second-order valence-electron chi connectivity index (χ2n) is 7.88. The van der Waals surface area contributed by atoms with Gasteiger partial charge in [-0.1, -0.05) is 25.1 Å². The van der Waals surface area contributed by atoms with Gasteiger partial charge in [0.15, 0.2) is 0 Å². The molecular weight excluding hydrogens is 381 g/mol. The van der Waals surface area contributed by atoms with Crippen molar-refractivity contribution in [2.45, 2.75) is 45.1 Å². The molecule has 0 spiro atoms. The fourth-order valence-electron chi connectivity index (χ4n) is 4.10. The molecule has 2 fully saturated rings. The minimum atomic E-state index is -0.253. The number of amides is 2. The molecule has 3 atom stereocenters. The van der Waals surface area contributed by atoms with E-state index in [0.717, 1.165) is 38.8 Å². The first kappa shape index (κ1) is 22.6. The first-order valence-corrected chi connectivity index (χ1v) is 10.1. The fourth-order valence-corrected chi connectivity index (χ4v) is 4.10. The number of likely N-dealkylation sites (tertiary alicyclic amines) is 1. The lowest BCUT2D eigenvalue weighted by Crippen LogP contribution is -2.47. The van der Waals surface area contributed by atoms with Gasteiger partial charge >= 0.3 is 0 Å². The number of benzene rings is 1. The Bertz CT molecular complexity index is 667. The average Bonchev–Trinajstić information content (AvgIpc) is 3.22. The highest BCUT2D eigenvalue weighted by Gasteiger charge is 2.28. The van der Waals surface area contributed by atoms with Crippen LogP contribution in [0.1, 0.15) is 38.2 Å². The Morgan fingerprint density at radius 3 is 2.79 bits per heavy atom. The van der Waals surface area contributed by atoms with E-state index in [2.05, 4.69) is 10.6 Å². The Morgan fingerprint density at radius 1 is 1.29 bits per heavy atom. The quantitative estimate of drug-likeness (QED) is 0.756. The number of carbonyl (C=O) groups excluding carboxylic acids is 2. The lowest BCUT2D eigenvalue weighted by molar-refractivity contribution is -0.136. The molecule has 3 rings (SSSR count). The second kappa shape index (κ2) is 10.8. The van der Waals surface area contributed by atoms with Crippen LogP contribution in [0.2, 0.25) is 0 Å². The number of halogens is 2. The smallest absolute Gasteiger partial charge is 0.237 e. The van der Waals surface area contributed by atoms with Gasteiger partial charge in [0.25, 0.3) is 0 Å². The number of piperidine rings is 1. The molecule has 5 nitrogen and oxygen atoms in total. The summed E-state index contributed by atoms with van der Waals surface area (Å²) in [6.45, 7) is 4.80. The Balaban J connectivity index is 0.00000280. The number of nitrogens with zero attached hydrogens (tertiary/aromatic N) is 1. The SMILES string of the molecule is CC(Cc1ccccc1F)C(=O)N1CCCC(CNC(=O)C2CCCN2)C1.Cl. The van der Waals surface area contributed by atoms with Gasteiger partial charge in [-0.25, -0.2) is 4.39 Å². The molecule has 2 aliphatic rings. The van der Waals surface area contributed by atoms with Crippen molar-refractivity contribution in [2.24, 2.45) is 11.8 Å². The second-order valence-corrected chi connectivity index (χ2v) is 7.88. The molecule has 0 radical (unpaired) electrons. The summed E-state index contributed by atoms with van der Waals surface area (Å²) in [4.78, 5) is 26.9. The van der Waals surface area contributed by atoms with Gasteiger partial charge in [0.05, 0.1) is 6.04 Å². The lowest BCUT2D eigenvalue weighted by atomic mass is 9.94. The van der Waals surface area contributed by atoms with Gasteiger partial charge in [-0.15, -0.1) is 12.4 Å². The standard InChI is InChI=1S/C21H30FN3O2.ClH/c1-15(12-17-7-2-3-8-18(17)22)21(27)25-11-5-6-16(14-25)13-24-20(26)19-9-4-10-23-19;/h2-3,7-8,15-16,19,23H,4-6,9-14H2,1H3,(H,24,26);1H. The number of rotatable bonds is 6. The van der Waals surface area contributed by atoms with Gasteiger partial charge in [0, 0.05) is 25.6 Å². The molecule has 2 N–H and O–H groups in total. The van der Waals surface area contributed by atoms with Crippen molar-refractivity contribution in [3.63, 3.8) is 0 Å². The maximum atomic E-state index is 13.9. The predicted octanol–water partition coefficient (Wildman–Crippen LogP) is 2.53. The zero-order chi connectivity index (χ0) is 19.2. The molecule has 2 aliphatic heterocycles. The molecule has 0 bridgehead atoms. The molecule has 2 saturated heterocycles. The number of carbonyl (C=O) groups is 2. The van der Waals surface area contributed by atoms with Crippen LogP contribution in [-0.4, -0.2) is 48.9 Å². The van der Waals surface area contributed by atoms with Crippen molar-refractivity contribution in [1.82, 2.24) is 15.5 Å². The van der Waals surface area contributed by atoms with Crippen molar-refractivity contribution in [3.05, 3.63) is 35.6 Å². The topological polar surface area (TPSA) is 61.4 Å². The van der Waals surface area contributed by atoms with Crippen LogP contribution >= 0.6 is 12.4 Å². The van der Waals surface area contributed by atoms with Gasteiger partial charge in [0.2, 0.25) is 11.8 Å². The van der Waals surface area contributed by atoms with Crippen LogP contribution in [0.15, 0.2) is 24.3 Å². The molecule has 0 aliphatic carbocycles. The first-order chi connectivity index (χ1) is 13.0. The summed E-state index contributed by atoms with van der Waals surface area (Å²) in [6, 6.07) is 6.58. The average molecular weight is 412 g/mol. The maximum absolute atomic E-state index is 13.9. The number of hydrogen-bond donors (Lipinski definition) is 2. The van der Waals surface area contributed by atoms with Crippen molar-refractivity contribution in [1.29, 1.82) is 0 Å². The lowest BCUT2D eigenvalue weighted by Gasteiger charge is -2.34. The zero-order valence-electron chi connectivity index (χ0n) is 16.5. The van der Waals surface area contributed by atoms with Gasteiger partial charge in [0.1, 0.15) is 5.82 Å². The molecular formula is C21H31ClFN3O2. The van der Waals surface area contributed by atoms with Gasteiger partial charge < -0.3 is 15.5 Å². The van der Waals surface area contributed by atoms with Crippen LogP contribution in [0, 0.1) is 17.7 Å². The van der Waals surface area contributed by atoms with E-state index in [0.29, 0.717) is 25.1 Å². The molecule has 156 valence electrons. The molecule has 1 aromatic carbocycles. The van der Waals surface area contributed by atoms with Crippen LogP contribution in [0.25, 0.3) is 0 Å². The monoisotopic (exact) mass is 411 g/mol. The normalized spacial score (nSPS) is 23.0. The number of hydrogen-bond acceptors (Lipinski definition) is 3. The van der Waals surface area contributed by atoms with Gasteiger partial charge in [-0.2, -0.15) is 0 Å². The van der Waals surface area contributed by atoms with Crippen molar-refractivity contribution < 1.29 is 14.0 Å². The highest BCUT2D eigenvalue weighted by atomic mass is 35.5. The highest BCUT2D eigenvalue weighted by molar-refractivity contribution is 5.85. The maximum Gasteiger partial charge on any atom is 0.237 e. The van der Waals surface area contributed by atoms with Gasteiger partial charge in [-0.05, 0) is 56.2 Å². The van der Waals surface area contributed by atoms with E-state index in [1.54, 1.807) is 18.2 Å². The Hall–Kier alpha value is -1.66. The summed E-state index contributed by atoms with van der Waals surface area (Å²) >= 11 is 0. The molecule has 28 heavy (non-hydrogen) atoms. The Kier molecular flexibility index (Phi) is 8.70. The summed E-state index contributed by atoms with van der Waals surface area (Å²) in [6.07, 6.45) is 4.32.